The molecule has 1 aromatic heterocycles. The Morgan fingerprint density at radius 2 is 2.07 bits per heavy atom. The fourth-order valence-electron chi connectivity index (χ4n) is 1.74. The molecule has 1 heterocycles. The van der Waals surface area contributed by atoms with Gasteiger partial charge in [0.1, 0.15) is 11.3 Å². The lowest BCUT2D eigenvalue weighted by Gasteiger charge is -1.93. The molecule has 0 bridgehead atoms. The number of benzene rings is 1. The average Bonchev–Trinajstić information content (AvgIpc) is 2.60. The molecule has 0 fully saturated rings. The first-order chi connectivity index (χ1) is 7.29. The van der Waals surface area contributed by atoms with Crippen LogP contribution in [0.25, 0.3) is 11.0 Å². The molecule has 0 aliphatic carbocycles. The van der Waals surface area contributed by atoms with Gasteiger partial charge in [-0.15, -0.1) is 0 Å². The lowest BCUT2D eigenvalue weighted by molar-refractivity contribution is 0.531. The van der Waals surface area contributed by atoms with Gasteiger partial charge in [0.05, 0.1) is 0 Å². The van der Waals surface area contributed by atoms with E-state index in [-0.39, 0.29) is 0 Å². The predicted octanol–water partition coefficient (Wildman–Crippen LogP) is 4.82. The van der Waals surface area contributed by atoms with Crippen molar-refractivity contribution in [2.45, 2.75) is 32.6 Å². The minimum Gasteiger partial charge on any atom is -0.461 e. The van der Waals surface area contributed by atoms with Crippen molar-refractivity contribution >= 4 is 22.6 Å². The smallest absolute Gasteiger partial charge is 0.134 e. The van der Waals surface area contributed by atoms with Crippen molar-refractivity contribution in [2.75, 3.05) is 0 Å². The molecular formula is C13H15ClO. The van der Waals surface area contributed by atoms with Gasteiger partial charge in [-0.1, -0.05) is 31.4 Å². The summed E-state index contributed by atoms with van der Waals surface area (Å²) in [5.41, 5.74) is 0.936. The van der Waals surface area contributed by atoms with Crippen molar-refractivity contribution in [1.82, 2.24) is 0 Å². The maximum absolute atomic E-state index is 5.91. The zero-order chi connectivity index (χ0) is 10.7. The van der Waals surface area contributed by atoms with E-state index >= 15 is 0 Å². The van der Waals surface area contributed by atoms with Crippen LogP contribution in [0.3, 0.4) is 0 Å². The maximum Gasteiger partial charge on any atom is 0.134 e. The normalized spacial score (nSPS) is 11.1. The number of aryl methyl sites for hydroxylation is 1. The minimum absolute atomic E-state index is 0.767. The molecule has 0 saturated heterocycles. The molecule has 0 unspecified atom stereocenters. The van der Waals surface area contributed by atoms with Crippen molar-refractivity contribution in [3.63, 3.8) is 0 Å². The Kier molecular flexibility index (Phi) is 3.32. The highest BCUT2D eigenvalue weighted by Gasteiger charge is 2.03. The number of fused-ring (bicyclic) bond motifs is 1. The molecule has 2 aromatic rings. The SMILES string of the molecule is CCCCCc1cc2cc(Cl)ccc2o1. The van der Waals surface area contributed by atoms with Crippen LogP contribution in [0.2, 0.25) is 5.02 Å². The molecule has 80 valence electrons. The molecule has 0 atom stereocenters. The van der Waals surface area contributed by atoms with E-state index in [2.05, 4.69) is 13.0 Å². The van der Waals surface area contributed by atoms with Crippen LogP contribution in [0.15, 0.2) is 28.7 Å². The van der Waals surface area contributed by atoms with E-state index in [4.69, 9.17) is 16.0 Å². The van der Waals surface area contributed by atoms with E-state index in [1.54, 1.807) is 0 Å². The first-order valence-corrected chi connectivity index (χ1v) is 5.85. The first-order valence-electron chi connectivity index (χ1n) is 5.47. The lowest BCUT2D eigenvalue weighted by atomic mass is 10.1. The Balaban J connectivity index is 2.16. The van der Waals surface area contributed by atoms with Gasteiger partial charge >= 0.3 is 0 Å². The number of furan rings is 1. The maximum atomic E-state index is 5.91. The topological polar surface area (TPSA) is 13.1 Å². The van der Waals surface area contributed by atoms with Gasteiger partial charge in [0.25, 0.3) is 0 Å². The molecule has 0 N–H and O–H groups in total. The molecule has 0 amide bonds. The van der Waals surface area contributed by atoms with Gasteiger partial charge in [0.15, 0.2) is 0 Å². The fraction of sp³-hybridized carbons (Fsp3) is 0.385. The average molecular weight is 223 g/mol. The number of hydrogen-bond donors (Lipinski definition) is 0. The van der Waals surface area contributed by atoms with E-state index in [1.165, 1.54) is 19.3 Å². The summed E-state index contributed by atoms with van der Waals surface area (Å²) in [4.78, 5) is 0. The van der Waals surface area contributed by atoms with Crippen LogP contribution in [-0.2, 0) is 6.42 Å². The number of rotatable bonds is 4. The molecule has 0 aliphatic heterocycles. The molecule has 0 aliphatic rings. The predicted molar refractivity (Wildman–Crippen MR) is 64.5 cm³/mol. The second kappa shape index (κ2) is 4.71. The molecule has 1 aromatic carbocycles. The lowest BCUT2D eigenvalue weighted by Crippen LogP contribution is -1.80. The quantitative estimate of drug-likeness (QED) is 0.676. The Morgan fingerprint density at radius 3 is 2.87 bits per heavy atom. The summed E-state index contributed by atoms with van der Waals surface area (Å²) >= 11 is 5.91. The van der Waals surface area contributed by atoms with Crippen molar-refractivity contribution in [1.29, 1.82) is 0 Å². The zero-order valence-corrected chi connectivity index (χ0v) is 9.68. The Labute approximate surface area is 95.0 Å². The first kappa shape index (κ1) is 10.6. The van der Waals surface area contributed by atoms with Crippen LogP contribution in [0, 0.1) is 0 Å². The highest BCUT2D eigenvalue weighted by atomic mass is 35.5. The summed E-state index contributed by atoms with van der Waals surface area (Å²) in [7, 11) is 0. The van der Waals surface area contributed by atoms with Crippen molar-refractivity contribution in [3.05, 3.63) is 35.0 Å². The van der Waals surface area contributed by atoms with E-state index < -0.39 is 0 Å². The molecule has 2 rings (SSSR count). The van der Waals surface area contributed by atoms with Crippen LogP contribution in [0.5, 0.6) is 0 Å². The van der Waals surface area contributed by atoms with Crippen LogP contribution in [0.4, 0.5) is 0 Å². The van der Waals surface area contributed by atoms with Crippen LogP contribution < -0.4 is 0 Å². The molecule has 1 nitrogen and oxygen atoms in total. The van der Waals surface area contributed by atoms with Crippen LogP contribution in [-0.4, -0.2) is 0 Å². The summed E-state index contributed by atoms with van der Waals surface area (Å²) in [5.74, 6) is 1.07. The highest BCUT2D eigenvalue weighted by molar-refractivity contribution is 6.31. The summed E-state index contributed by atoms with van der Waals surface area (Å²) in [5, 5.41) is 1.87. The fourth-order valence-corrected chi connectivity index (χ4v) is 1.92. The molecule has 2 heteroatoms. The largest absolute Gasteiger partial charge is 0.461 e. The summed E-state index contributed by atoms with van der Waals surface area (Å²) in [6.45, 7) is 2.21. The molecule has 15 heavy (non-hydrogen) atoms. The third-order valence-electron chi connectivity index (χ3n) is 2.56. The zero-order valence-electron chi connectivity index (χ0n) is 8.92. The van der Waals surface area contributed by atoms with Gasteiger partial charge in [0.2, 0.25) is 0 Å². The van der Waals surface area contributed by atoms with Crippen molar-refractivity contribution in [3.8, 4) is 0 Å². The summed E-state index contributed by atoms with van der Waals surface area (Å²) in [6, 6.07) is 7.84. The molecule has 0 spiro atoms. The van der Waals surface area contributed by atoms with Gasteiger partial charge in [-0.3, -0.25) is 0 Å². The van der Waals surface area contributed by atoms with Crippen molar-refractivity contribution < 1.29 is 4.42 Å². The minimum atomic E-state index is 0.767. The Bertz CT molecular complexity index is 445. The van der Waals surface area contributed by atoms with Crippen LogP contribution in [0.1, 0.15) is 31.9 Å². The molecular weight excluding hydrogens is 208 g/mol. The van der Waals surface area contributed by atoms with Gasteiger partial charge < -0.3 is 4.42 Å². The Hall–Kier alpha value is -0.950. The standard InChI is InChI=1S/C13H15ClO/c1-2-3-4-5-12-9-10-8-11(14)6-7-13(10)15-12/h6-9H,2-5H2,1H3. The monoisotopic (exact) mass is 222 g/mol. The van der Waals surface area contributed by atoms with E-state index in [1.807, 2.05) is 18.2 Å². The van der Waals surface area contributed by atoms with E-state index in [0.29, 0.717) is 0 Å². The number of unbranched alkanes of at least 4 members (excludes halogenated alkanes) is 2. The van der Waals surface area contributed by atoms with E-state index in [0.717, 1.165) is 28.2 Å². The second-order valence-electron chi connectivity index (χ2n) is 3.85. The third-order valence-corrected chi connectivity index (χ3v) is 2.79. The van der Waals surface area contributed by atoms with E-state index in [9.17, 15) is 0 Å². The van der Waals surface area contributed by atoms with Gasteiger partial charge in [-0.05, 0) is 30.7 Å². The third kappa shape index (κ3) is 2.54. The molecule has 0 saturated carbocycles. The van der Waals surface area contributed by atoms with Gasteiger partial charge in [-0.25, -0.2) is 0 Å². The van der Waals surface area contributed by atoms with Gasteiger partial charge in [-0.2, -0.15) is 0 Å². The number of hydrogen-bond acceptors (Lipinski definition) is 1. The van der Waals surface area contributed by atoms with Gasteiger partial charge in [0, 0.05) is 16.8 Å². The highest BCUT2D eigenvalue weighted by Crippen LogP contribution is 2.23. The Morgan fingerprint density at radius 1 is 1.20 bits per heavy atom. The molecule has 0 radical (unpaired) electrons. The number of halogens is 1. The summed E-state index contributed by atoms with van der Waals surface area (Å²) < 4.78 is 5.71. The van der Waals surface area contributed by atoms with Crippen LogP contribution >= 0.6 is 11.6 Å². The van der Waals surface area contributed by atoms with Crippen molar-refractivity contribution in [2.24, 2.45) is 0 Å². The second-order valence-corrected chi connectivity index (χ2v) is 4.29. The summed E-state index contributed by atoms with van der Waals surface area (Å²) in [6.07, 6.45) is 4.73.